The highest BCUT2D eigenvalue weighted by molar-refractivity contribution is 5.55. The van der Waals surface area contributed by atoms with Crippen molar-refractivity contribution in [1.82, 2.24) is 9.55 Å². The number of rotatable bonds is 1. The van der Waals surface area contributed by atoms with Crippen molar-refractivity contribution in [2.75, 3.05) is 0 Å². The average molecular weight is 242 g/mol. The third kappa shape index (κ3) is 2.67. The van der Waals surface area contributed by atoms with Crippen molar-refractivity contribution in [2.45, 2.75) is 13.8 Å². The topological polar surface area (TPSA) is 17.8 Å². The Bertz CT molecular complexity index is 483. The zero-order valence-electron chi connectivity index (χ0n) is 9.84. The van der Waals surface area contributed by atoms with Crippen LogP contribution < -0.4 is 0 Å². The first kappa shape index (κ1) is 13.3. The molecule has 0 aliphatic heterocycles. The molecule has 0 spiro atoms. The van der Waals surface area contributed by atoms with Crippen molar-refractivity contribution >= 4 is 0 Å². The third-order valence-corrected chi connectivity index (χ3v) is 2.06. The summed E-state index contributed by atoms with van der Waals surface area (Å²) in [6.45, 7) is 4.00. The van der Waals surface area contributed by atoms with E-state index in [9.17, 15) is 13.2 Å². The van der Waals surface area contributed by atoms with Crippen LogP contribution in [0.4, 0.5) is 13.2 Å². The van der Waals surface area contributed by atoms with Crippen LogP contribution in [-0.4, -0.2) is 9.55 Å². The summed E-state index contributed by atoms with van der Waals surface area (Å²) in [6.07, 6.45) is 3.13. The monoisotopic (exact) mass is 242 g/mol. The normalized spacial score (nSPS) is 9.76. The molecule has 1 aromatic carbocycles. The molecule has 1 aromatic heterocycles. The number of hydrogen-bond acceptors (Lipinski definition) is 1. The Morgan fingerprint density at radius 2 is 1.59 bits per heavy atom. The summed E-state index contributed by atoms with van der Waals surface area (Å²) >= 11 is 0. The van der Waals surface area contributed by atoms with E-state index in [-0.39, 0.29) is 5.56 Å². The van der Waals surface area contributed by atoms with E-state index in [2.05, 4.69) is 4.98 Å². The van der Waals surface area contributed by atoms with Gasteiger partial charge in [0.25, 0.3) is 0 Å². The SMILES string of the molecule is CC.Cn1ccnc1-c1cc(F)c(F)c(F)c1. The Hall–Kier alpha value is -1.78. The van der Waals surface area contributed by atoms with Crippen LogP contribution in [0, 0.1) is 17.5 Å². The van der Waals surface area contributed by atoms with Gasteiger partial charge in [0, 0.05) is 25.0 Å². The molecule has 92 valence electrons. The molecular weight excluding hydrogens is 229 g/mol. The number of nitrogens with zero attached hydrogens (tertiary/aromatic N) is 2. The second-order valence-electron chi connectivity index (χ2n) is 3.12. The van der Waals surface area contributed by atoms with E-state index in [1.54, 1.807) is 17.8 Å². The van der Waals surface area contributed by atoms with Gasteiger partial charge in [-0.15, -0.1) is 0 Å². The molecule has 0 atom stereocenters. The van der Waals surface area contributed by atoms with Gasteiger partial charge in [0.2, 0.25) is 0 Å². The number of halogens is 3. The largest absolute Gasteiger partial charge is 0.334 e. The number of aryl methyl sites for hydroxylation is 1. The quantitative estimate of drug-likeness (QED) is 0.699. The van der Waals surface area contributed by atoms with Gasteiger partial charge >= 0.3 is 0 Å². The van der Waals surface area contributed by atoms with E-state index in [0.717, 1.165) is 12.1 Å². The second-order valence-corrected chi connectivity index (χ2v) is 3.12. The van der Waals surface area contributed by atoms with Gasteiger partial charge in [-0.1, -0.05) is 13.8 Å². The van der Waals surface area contributed by atoms with Crippen LogP contribution in [-0.2, 0) is 7.05 Å². The Morgan fingerprint density at radius 1 is 1.06 bits per heavy atom. The Kier molecular flexibility index (Phi) is 4.31. The van der Waals surface area contributed by atoms with E-state index in [0.29, 0.717) is 5.82 Å². The lowest BCUT2D eigenvalue weighted by atomic mass is 10.2. The van der Waals surface area contributed by atoms with E-state index in [1.165, 1.54) is 6.20 Å². The Morgan fingerprint density at radius 3 is 2.00 bits per heavy atom. The molecule has 0 amide bonds. The van der Waals surface area contributed by atoms with E-state index < -0.39 is 17.5 Å². The molecule has 1 heterocycles. The van der Waals surface area contributed by atoms with Crippen LogP contribution in [0.5, 0.6) is 0 Å². The molecule has 17 heavy (non-hydrogen) atoms. The number of benzene rings is 1. The molecule has 0 bridgehead atoms. The zero-order chi connectivity index (χ0) is 13.0. The number of hydrogen-bond donors (Lipinski definition) is 0. The van der Waals surface area contributed by atoms with Crippen molar-refractivity contribution in [3.8, 4) is 11.4 Å². The predicted molar refractivity (Wildman–Crippen MR) is 59.9 cm³/mol. The fourth-order valence-corrected chi connectivity index (χ4v) is 1.33. The van der Waals surface area contributed by atoms with Gasteiger partial charge in [0.05, 0.1) is 0 Å². The minimum Gasteiger partial charge on any atom is -0.334 e. The molecule has 0 fully saturated rings. The maximum Gasteiger partial charge on any atom is 0.194 e. The summed E-state index contributed by atoms with van der Waals surface area (Å²) in [5.74, 6) is -3.51. The summed E-state index contributed by atoms with van der Waals surface area (Å²) in [6, 6.07) is 1.83. The van der Waals surface area contributed by atoms with Crippen LogP contribution in [0.2, 0.25) is 0 Å². The lowest BCUT2D eigenvalue weighted by molar-refractivity contribution is 0.447. The smallest absolute Gasteiger partial charge is 0.194 e. The van der Waals surface area contributed by atoms with Gasteiger partial charge < -0.3 is 4.57 Å². The number of aromatic nitrogens is 2. The fraction of sp³-hybridized carbons (Fsp3) is 0.250. The third-order valence-electron chi connectivity index (χ3n) is 2.06. The fourth-order valence-electron chi connectivity index (χ4n) is 1.33. The standard InChI is InChI=1S/C10H7F3N2.C2H6/c1-15-3-2-14-10(15)6-4-7(11)9(13)8(12)5-6;1-2/h2-5H,1H3;1-2H3. The first-order valence-electron chi connectivity index (χ1n) is 5.22. The Balaban J connectivity index is 0.000000686. The molecular formula is C12H13F3N2. The van der Waals surface area contributed by atoms with Crippen molar-refractivity contribution in [1.29, 1.82) is 0 Å². The lowest BCUT2D eigenvalue weighted by Crippen LogP contribution is -1.96. The van der Waals surface area contributed by atoms with Crippen LogP contribution in [0.3, 0.4) is 0 Å². The molecule has 2 rings (SSSR count). The van der Waals surface area contributed by atoms with Gasteiger partial charge in [0.15, 0.2) is 17.5 Å². The van der Waals surface area contributed by atoms with E-state index in [1.807, 2.05) is 13.8 Å². The Labute approximate surface area is 97.7 Å². The van der Waals surface area contributed by atoms with Gasteiger partial charge in [-0.2, -0.15) is 0 Å². The summed E-state index contributed by atoms with van der Waals surface area (Å²) in [5, 5.41) is 0. The predicted octanol–water partition coefficient (Wildman–Crippen LogP) is 3.53. The van der Waals surface area contributed by atoms with Crippen LogP contribution in [0.25, 0.3) is 11.4 Å². The summed E-state index contributed by atoms with van der Waals surface area (Å²) < 4.78 is 40.1. The van der Waals surface area contributed by atoms with Crippen molar-refractivity contribution < 1.29 is 13.2 Å². The van der Waals surface area contributed by atoms with E-state index in [4.69, 9.17) is 0 Å². The summed E-state index contributed by atoms with van der Waals surface area (Å²) in [7, 11) is 1.68. The van der Waals surface area contributed by atoms with Gasteiger partial charge in [0.1, 0.15) is 5.82 Å². The molecule has 0 N–H and O–H groups in total. The summed E-state index contributed by atoms with van der Waals surface area (Å²) in [5.41, 5.74) is 0.207. The van der Waals surface area contributed by atoms with Gasteiger partial charge in [-0.05, 0) is 12.1 Å². The molecule has 0 radical (unpaired) electrons. The van der Waals surface area contributed by atoms with Gasteiger partial charge in [-0.3, -0.25) is 0 Å². The molecule has 2 aromatic rings. The molecule has 0 saturated carbocycles. The molecule has 0 unspecified atom stereocenters. The summed E-state index contributed by atoms with van der Waals surface area (Å²) in [4.78, 5) is 3.91. The van der Waals surface area contributed by atoms with Crippen molar-refractivity contribution in [3.63, 3.8) is 0 Å². The van der Waals surface area contributed by atoms with Crippen LogP contribution in [0.1, 0.15) is 13.8 Å². The van der Waals surface area contributed by atoms with Crippen molar-refractivity contribution in [2.24, 2.45) is 7.05 Å². The minimum atomic E-state index is -1.46. The lowest BCUT2D eigenvalue weighted by Gasteiger charge is -2.03. The van der Waals surface area contributed by atoms with Crippen molar-refractivity contribution in [3.05, 3.63) is 42.0 Å². The zero-order valence-corrected chi connectivity index (χ0v) is 9.84. The van der Waals surface area contributed by atoms with Gasteiger partial charge in [-0.25, -0.2) is 18.2 Å². The first-order valence-corrected chi connectivity index (χ1v) is 5.22. The molecule has 5 heteroatoms. The molecule has 0 aliphatic carbocycles. The van der Waals surface area contributed by atoms with Crippen LogP contribution >= 0.6 is 0 Å². The first-order chi connectivity index (χ1) is 8.09. The molecule has 0 aliphatic rings. The minimum absolute atomic E-state index is 0.207. The van der Waals surface area contributed by atoms with Crippen LogP contribution in [0.15, 0.2) is 24.5 Å². The molecule has 2 nitrogen and oxygen atoms in total. The highest BCUT2D eigenvalue weighted by atomic mass is 19.2. The highest BCUT2D eigenvalue weighted by Gasteiger charge is 2.13. The maximum absolute atomic E-state index is 12.9. The molecule has 0 saturated heterocycles. The highest BCUT2D eigenvalue weighted by Crippen LogP contribution is 2.21. The van der Waals surface area contributed by atoms with E-state index >= 15 is 0 Å². The second kappa shape index (κ2) is 5.52. The maximum atomic E-state index is 12.9. The average Bonchev–Trinajstić information content (AvgIpc) is 2.74. The number of imidazole rings is 1.